The summed E-state index contributed by atoms with van der Waals surface area (Å²) in [6.07, 6.45) is 4.11. The Bertz CT molecular complexity index is 1070. The molecule has 0 aliphatic carbocycles. The molecule has 0 saturated heterocycles. The van der Waals surface area contributed by atoms with Gasteiger partial charge in [0.2, 0.25) is 5.89 Å². The highest BCUT2D eigenvalue weighted by Gasteiger charge is 2.07. The largest absolute Gasteiger partial charge is 0.436 e. The van der Waals surface area contributed by atoms with Gasteiger partial charge in [-0.2, -0.15) is 0 Å². The third-order valence-electron chi connectivity index (χ3n) is 4.93. The molecule has 164 valence electrons. The Morgan fingerprint density at radius 1 is 0.812 bits per heavy atom. The molecule has 4 rings (SSSR count). The molecule has 0 unspecified atom stereocenters. The molecule has 32 heavy (non-hydrogen) atoms. The van der Waals surface area contributed by atoms with Gasteiger partial charge in [0.05, 0.1) is 26.4 Å². The molecule has 0 bridgehead atoms. The van der Waals surface area contributed by atoms with Crippen molar-refractivity contribution in [1.82, 2.24) is 10.3 Å². The lowest BCUT2D eigenvalue weighted by Crippen LogP contribution is -2.24. The summed E-state index contributed by atoms with van der Waals surface area (Å²) in [4.78, 5) is 4.53. The van der Waals surface area contributed by atoms with E-state index in [0.29, 0.717) is 32.3 Å². The molecule has 5 nitrogen and oxygen atoms in total. The molecule has 5 heteroatoms. The van der Waals surface area contributed by atoms with Gasteiger partial charge in [0.25, 0.3) is 0 Å². The molecule has 0 aliphatic rings. The van der Waals surface area contributed by atoms with Gasteiger partial charge in [-0.25, -0.2) is 4.98 Å². The van der Waals surface area contributed by atoms with E-state index < -0.39 is 0 Å². The Balaban J connectivity index is 1.06. The number of benzene rings is 3. The number of para-hydroxylation sites is 2. The van der Waals surface area contributed by atoms with Crippen LogP contribution in [-0.4, -0.2) is 37.9 Å². The monoisotopic (exact) mass is 428 g/mol. The lowest BCUT2D eigenvalue weighted by Gasteiger charge is -2.07. The Morgan fingerprint density at radius 3 is 2.38 bits per heavy atom. The van der Waals surface area contributed by atoms with Gasteiger partial charge in [-0.1, -0.05) is 66.7 Å². The SMILES string of the molecule is C(=C\c1ccccc1)/COCCNCCOCc1ccc(-c2nc3ccccc3o2)cc1. The van der Waals surface area contributed by atoms with Crippen molar-refractivity contribution in [2.75, 3.05) is 32.9 Å². The van der Waals surface area contributed by atoms with Crippen molar-refractivity contribution in [1.29, 1.82) is 0 Å². The molecule has 0 fully saturated rings. The molecule has 0 atom stereocenters. The average molecular weight is 429 g/mol. The number of aromatic nitrogens is 1. The van der Waals surface area contributed by atoms with Gasteiger partial charge in [-0.15, -0.1) is 0 Å². The van der Waals surface area contributed by atoms with Crippen LogP contribution in [0.3, 0.4) is 0 Å². The lowest BCUT2D eigenvalue weighted by atomic mass is 10.1. The molecule has 3 aromatic carbocycles. The van der Waals surface area contributed by atoms with E-state index in [9.17, 15) is 0 Å². The summed E-state index contributed by atoms with van der Waals surface area (Å²) in [5.41, 5.74) is 4.95. The van der Waals surface area contributed by atoms with Crippen LogP contribution >= 0.6 is 0 Å². The fourth-order valence-electron chi connectivity index (χ4n) is 3.24. The molecule has 0 spiro atoms. The van der Waals surface area contributed by atoms with E-state index in [1.807, 2.05) is 60.7 Å². The second-order valence-corrected chi connectivity index (χ2v) is 7.37. The highest BCUT2D eigenvalue weighted by atomic mass is 16.5. The number of hydrogen-bond donors (Lipinski definition) is 1. The number of rotatable bonds is 12. The molecule has 0 aliphatic heterocycles. The van der Waals surface area contributed by atoms with Gasteiger partial charge in [0.1, 0.15) is 5.52 Å². The van der Waals surface area contributed by atoms with Gasteiger partial charge < -0.3 is 19.2 Å². The van der Waals surface area contributed by atoms with Crippen LogP contribution in [0.1, 0.15) is 11.1 Å². The number of nitrogens with zero attached hydrogens (tertiary/aromatic N) is 1. The first kappa shape index (κ1) is 22.0. The summed E-state index contributed by atoms with van der Waals surface area (Å²) >= 11 is 0. The molecule has 0 saturated carbocycles. The van der Waals surface area contributed by atoms with Gasteiger partial charge in [0.15, 0.2) is 5.58 Å². The maximum Gasteiger partial charge on any atom is 0.227 e. The van der Waals surface area contributed by atoms with Crippen LogP contribution in [0, 0.1) is 0 Å². The number of hydrogen-bond acceptors (Lipinski definition) is 5. The Morgan fingerprint density at radius 2 is 1.56 bits per heavy atom. The van der Waals surface area contributed by atoms with Crippen molar-refractivity contribution >= 4 is 17.2 Å². The molecular formula is C27H28N2O3. The standard InChI is InChI=1S/C27H28N2O3/c1-2-7-22(8-3-1)9-6-18-30-19-16-28-17-20-31-21-23-12-14-24(15-13-23)27-29-25-10-4-5-11-26(25)32-27/h1-15,28H,16-21H2/b9-6+. The third-order valence-corrected chi connectivity index (χ3v) is 4.93. The van der Waals surface area contributed by atoms with Gasteiger partial charge in [-0.05, 0) is 35.4 Å². The van der Waals surface area contributed by atoms with Crippen LogP contribution in [0.5, 0.6) is 0 Å². The summed E-state index contributed by atoms with van der Waals surface area (Å²) in [6, 6.07) is 26.1. The molecule has 1 N–H and O–H groups in total. The van der Waals surface area contributed by atoms with Crippen LogP contribution in [0.25, 0.3) is 28.6 Å². The molecular weight excluding hydrogens is 400 g/mol. The van der Waals surface area contributed by atoms with Crippen molar-refractivity contribution in [2.45, 2.75) is 6.61 Å². The predicted octanol–water partition coefficient (Wildman–Crippen LogP) is 5.33. The topological polar surface area (TPSA) is 56.5 Å². The lowest BCUT2D eigenvalue weighted by molar-refractivity contribution is 0.118. The van der Waals surface area contributed by atoms with E-state index in [-0.39, 0.29) is 0 Å². The second-order valence-electron chi connectivity index (χ2n) is 7.37. The Labute approximate surface area is 188 Å². The minimum absolute atomic E-state index is 0.580. The van der Waals surface area contributed by atoms with Crippen LogP contribution in [0.4, 0.5) is 0 Å². The van der Waals surface area contributed by atoms with E-state index in [1.54, 1.807) is 0 Å². The first-order valence-electron chi connectivity index (χ1n) is 10.9. The van der Waals surface area contributed by atoms with Crippen LogP contribution in [0.15, 0.2) is 89.4 Å². The second kappa shape index (κ2) is 12.0. The smallest absolute Gasteiger partial charge is 0.227 e. The predicted molar refractivity (Wildman–Crippen MR) is 128 cm³/mol. The van der Waals surface area contributed by atoms with Crippen molar-refractivity contribution in [3.05, 3.63) is 96.1 Å². The zero-order chi connectivity index (χ0) is 21.8. The first-order chi connectivity index (χ1) is 15.9. The van der Waals surface area contributed by atoms with Gasteiger partial charge in [0, 0.05) is 18.7 Å². The highest BCUT2D eigenvalue weighted by Crippen LogP contribution is 2.24. The average Bonchev–Trinajstić information content (AvgIpc) is 3.28. The van der Waals surface area contributed by atoms with Gasteiger partial charge >= 0.3 is 0 Å². The number of ether oxygens (including phenoxy) is 2. The number of nitrogens with one attached hydrogen (secondary N) is 1. The molecule has 0 radical (unpaired) electrons. The zero-order valence-electron chi connectivity index (χ0n) is 18.1. The minimum Gasteiger partial charge on any atom is -0.436 e. The molecule has 0 amide bonds. The third kappa shape index (κ3) is 6.62. The Kier molecular flexibility index (Phi) is 8.21. The fraction of sp³-hybridized carbons (Fsp3) is 0.222. The summed E-state index contributed by atoms with van der Waals surface area (Å²) < 4.78 is 17.2. The van der Waals surface area contributed by atoms with Crippen LogP contribution in [-0.2, 0) is 16.1 Å². The summed E-state index contributed by atoms with van der Waals surface area (Å²) in [6.45, 7) is 4.13. The van der Waals surface area contributed by atoms with Crippen molar-refractivity contribution in [2.24, 2.45) is 0 Å². The summed E-state index contributed by atoms with van der Waals surface area (Å²) in [5, 5.41) is 3.33. The summed E-state index contributed by atoms with van der Waals surface area (Å²) in [7, 11) is 0. The van der Waals surface area contributed by atoms with E-state index in [0.717, 1.165) is 35.3 Å². The highest BCUT2D eigenvalue weighted by molar-refractivity contribution is 5.75. The normalized spacial score (nSPS) is 11.5. The van der Waals surface area contributed by atoms with Crippen molar-refractivity contribution in [3.63, 3.8) is 0 Å². The Hall–Kier alpha value is -3.25. The van der Waals surface area contributed by atoms with Crippen LogP contribution < -0.4 is 5.32 Å². The van der Waals surface area contributed by atoms with Gasteiger partial charge in [-0.3, -0.25) is 0 Å². The van der Waals surface area contributed by atoms with E-state index >= 15 is 0 Å². The van der Waals surface area contributed by atoms with Crippen molar-refractivity contribution < 1.29 is 13.9 Å². The quantitative estimate of drug-likeness (QED) is 0.309. The van der Waals surface area contributed by atoms with E-state index in [2.05, 4.69) is 40.6 Å². The van der Waals surface area contributed by atoms with Crippen molar-refractivity contribution in [3.8, 4) is 11.5 Å². The summed E-state index contributed by atoms with van der Waals surface area (Å²) in [5.74, 6) is 0.639. The first-order valence-corrected chi connectivity index (χ1v) is 10.9. The fourth-order valence-corrected chi connectivity index (χ4v) is 3.24. The minimum atomic E-state index is 0.580. The molecule has 1 heterocycles. The molecule has 1 aromatic heterocycles. The van der Waals surface area contributed by atoms with E-state index in [1.165, 1.54) is 5.56 Å². The van der Waals surface area contributed by atoms with E-state index in [4.69, 9.17) is 13.9 Å². The maximum atomic E-state index is 5.82. The van der Waals surface area contributed by atoms with Crippen LogP contribution in [0.2, 0.25) is 0 Å². The number of oxazole rings is 1. The molecule has 4 aromatic rings. The zero-order valence-corrected chi connectivity index (χ0v) is 18.1. The maximum absolute atomic E-state index is 5.82. The number of fused-ring (bicyclic) bond motifs is 1.